The normalized spacial score (nSPS) is 11.4. The predicted octanol–water partition coefficient (Wildman–Crippen LogP) is 2.76. The molecule has 0 aromatic heterocycles. The first-order valence-corrected chi connectivity index (χ1v) is 5.93. The molecule has 2 aromatic carbocycles. The first-order chi connectivity index (χ1) is 8.41. The number of rotatable bonds is 2. The average molecular weight is 241 g/mol. The molecular weight excluding hydrogens is 222 g/mol. The van der Waals surface area contributed by atoms with Crippen LogP contribution in [0, 0.1) is 0 Å². The van der Waals surface area contributed by atoms with E-state index in [2.05, 4.69) is 19.9 Å². The second-order valence-corrected chi connectivity index (χ2v) is 5.09. The molecule has 0 atom stereocenters. The quantitative estimate of drug-likeness (QED) is 0.707. The van der Waals surface area contributed by atoms with Crippen molar-refractivity contribution in [2.24, 2.45) is 0 Å². The molecule has 0 spiro atoms. The van der Waals surface area contributed by atoms with E-state index >= 15 is 0 Å². The smallest absolute Gasteiger partial charge is 0.0550 e. The fraction of sp³-hybridized carbons (Fsp3) is 0.200. The van der Waals surface area contributed by atoms with Crippen molar-refractivity contribution in [1.29, 1.82) is 0 Å². The number of hydrogen-bond donors (Lipinski definition) is 3. The van der Waals surface area contributed by atoms with Gasteiger partial charge in [-0.05, 0) is 35.4 Å². The van der Waals surface area contributed by atoms with Gasteiger partial charge in [0.25, 0.3) is 0 Å². The van der Waals surface area contributed by atoms with Crippen LogP contribution in [0.1, 0.15) is 25.0 Å². The van der Waals surface area contributed by atoms with Crippen LogP contribution in [-0.2, 0) is 5.41 Å². The Morgan fingerprint density at radius 3 is 2.06 bits per heavy atom. The topological polar surface area (TPSA) is 78.1 Å². The van der Waals surface area contributed by atoms with Crippen LogP contribution < -0.4 is 17.2 Å². The molecule has 0 amide bonds. The van der Waals surface area contributed by atoms with Crippen LogP contribution in [0.3, 0.4) is 0 Å². The van der Waals surface area contributed by atoms with Crippen molar-refractivity contribution < 1.29 is 0 Å². The minimum absolute atomic E-state index is 0.156. The maximum absolute atomic E-state index is 5.88. The third kappa shape index (κ3) is 2.12. The molecule has 3 nitrogen and oxygen atoms in total. The Kier molecular flexibility index (Phi) is 2.91. The molecule has 2 rings (SSSR count). The number of benzene rings is 2. The summed E-state index contributed by atoms with van der Waals surface area (Å²) in [5.74, 6) is 0. The summed E-state index contributed by atoms with van der Waals surface area (Å²) < 4.78 is 0. The summed E-state index contributed by atoms with van der Waals surface area (Å²) in [6.45, 7) is 4.29. The van der Waals surface area contributed by atoms with Gasteiger partial charge in [-0.3, -0.25) is 0 Å². The molecule has 94 valence electrons. The summed E-state index contributed by atoms with van der Waals surface area (Å²) in [6.07, 6.45) is 0. The average Bonchev–Trinajstić information content (AvgIpc) is 2.32. The molecule has 0 unspecified atom stereocenters. The molecule has 0 fully saturated rings. The van der Waals surface area contributed by atoms with E-state index in [1.54, 1.807) is 0 Å². The largest absolute Gasteiger partial charge is 0.399 e. The van der Waals surface area contributed by atoms with E-state index in [1.165, 1.54) is 0 Å². The maximum atomic E-state index is 5.88. The fourth-order valence-corrected chi connectivity index (χ4v) is 2.06. The summed E-state index contributed by atoms with van der Waals surface area (Å²) in [5, 5.41) is 0. The standard InChI is InChI=1S/C15H19N3/c1-15(2,10-4-3-5-12(16)8-10)11-6-7-13(17)14(18)9-11/h3-9H,16-18H2,1-2H3. The van der Waals surface area contributed by atoms with Crippen LogP contribution in [-0.4, -0.2) is 0 Å². The van der Waals surface area contributed by atoms with Gasteiger partial charge in [-0.25, -0.2) is 0 Å². The van der Waals surface area contributed by atoms with Crippen molar-refractivity contribution >= 4 is 17.1 Å². The second-order valence-electron chi connectivity index (χ2n) is 5.09. The number of anilines is 3. The van der Waals surface area contributed by atoms with Crippen LogP contribution in [0.5, 0.6) is 0 Å². The predicted molar refractivity (Wildman–Crippen MR) is 78.2 cm³/mol. The Morgan fingerprint density at radius 1 is 0.778 bits per heavy atom. The summed E-state index contributed by atoms with van der Waals surface area (Å²) in [5.41, 5.74) is 21.6. The first kappa shape index (κ1) is 12.3. The SMILES string of the molecule is CC(C)(c1cccc(N)c1)c1ccc(N)c(N)c1. The number of nitrogens with two attached hydrogens (primary N) is 3. The zero-order chi connectivity index (χ0) is 13.3. The number of hydrogen-bond acceptors (Lipinski definition) is 3. The third-order valence-corrected chi connectivity index (χ3v) is 3.42. The van der Waals surface area contributed by atoms with Crippen LogP contribution in [0.15, 0.2) is 42.5 Å². The van der Waals surface area contributed by atoms with E-state index in [4.69, 9.17) is 17.2 Å². The van der Waals surface area contributed by atoms with Crippen molar-refractivity contribution in [1.82, 2.24) is 0 Å². The van der Waals surface area contributed by atoms with Gasteiger partial charge in [0.15, 0.2) is 0 Å². The molecule has 0 radical (unpaired) electrons. The lowest BCUT2D eigenvalue weighted by Gasteiger charge is -2.27. The maximum Gasteiger partial charge on any atom is 0.0550 e. The van der Waals surface area contributed by atoms with Crippen LogP contribution in [0.25, 0.3) is 0 Å². The van der Waals surface area contributed by atoms with Gasteiger partial charge in [0.2, 0.25) is 0 Å². The molecule has 0 aliphatic heterocycles. The Labute approximate surface area is 108 Å². The summed E-state index contributed by atoms with van der Waals surface area (Å²) in [4.78, 5) is 0. The van der Waals surface area contributed by atoms with Gasteiger partial charge in [0.1, 0.15) is 0 Å². The summed E-state index contributed by atoms with van der Waals surface area (Å²) in [6, 6.07) is 13.7. The summed E-state index contributed by atoms with van der Waals surface area (Å²) in [7, 11) is 0. The van der Waals surface area contributed by atoms with E-state index in [1.807, 2.05) is 36.4 Å². The lowest BCUT2D eigenvalue weighted by Crippen LogP contribution is -2.19. The Balaban J connectivity index is 2.50. The minimum atomic E-state index is -0.156. The van der Waals surface area contributed by atoms with E-state index in [-0.39, 0.29) is 5.41 Å². The molecule has 2 aromatic rings. The van der Waals surface area contributed by atoms with Crippen LogP contribution in [0.4, 0.5) is 17.1 Å². The van der Waals surface area contributed by atoms with E-state index in [0.717, 1.165) is 16.8 Å². The van der Waals surface area contributed by atoms with Crippen LogP contribution in [0.2, 0.25) is 0 Å². The van der Waals surface area contributed by atoms with Crippen molar-refractivity contribution in [2.45, 2.75) is 19.3 Å². The second kappa shape index (κ2) is 4.26. The molecule has 18 heavy (non-hydrogen) atoms. The number of nitrogen functional groups attached to an aromatic ring is 3. The van der Waals surface area contributed by atoms with E-state index in [0.29, 0.717) is 11.4 Å². The molecule has 6 N–H and O–H groups in total. The zero-order valence-corrected chi connectivity index (χ0v) is 10.8. The lowest BCUT2D eigenvalue weighted by atomic mass is 9.78. The zero-order valence-electron chi connectivity index (χ0n) is 10.8. The van der Waals surface area contributed by atoms with Crippen LogP contribution >= 0.6 is 0 Å². The highest BCUT2D eigenvalue weighted by atomic mass is 14.7. The highest BCUT2D eigenvalue weighted by Crippen LogP contribution is 2.34. The highest BCUT2D eigenvalue weighted by Gasteiger charge is 2.23. The molecular formula is C15H19N3. The van der Waals surface area contributed by atoms with Gasteiger partial charge in [-0.15, -0.1) is 0 Å². The van der Waals surface area contributed by atoms with Crippen molar-refractivity contribution in [3.8, 4) is 0 Å². The highest BCUT2D eigenvalue weighted by molar-refractivity contribution is 5.65. The van der Waals surface area contributed by atoms with Crippen molar-refractivity contribution in [3.05, 3.63) is 53.6 Å². The van der Waals surface area contributed by atoms with E-state index < -0.39 is 0 Å². The molecule has 0 aliphatic rings. The Hall–Kier alpha value is -2.16. The van der Waals surface area contributed by atoms with Gasteiger partial charge < -0.3 is 17.2 Å². The van der Waals surface area contributed by atoms with Gasteiger partial charge in [0.05, 0.1) is 11.4 Å². The van der Waals surface area contributed by atoms with Gasteiger partial charge >= 0.3 is 0 Å². The first-order valence-electron chi connectivity index (χ1n) is 5.93. The van der Waals surface area contributed by atoms with Gasteiger partial charge in [-0.1, -0.05) is 32.0 Å². The minimum Gasteiger partial charge on any atom is -0.399 e. The Morgan fingerprint density at radius 2 is 1.44 bits per heavy atom. The van der Waals surface area contributed by atoms with Gasteiger partial charge in [-0.2, -0.15) is 0 Å². The van der Waals surface area contributed by atoms with Gasteiger partial charge in [0, 0.05) is 11.1 Å². The Bertz CT molecular complexity index is 574. The van der Waals surface area contributed by atoms with Crippen molar-refractivity contribution in [2.75, 3.05) is 17.2 Å². The lowest BCUT2D eigenvalue weighted by molar-refractivity contribution is 0.641. The molecule has 0 saturated carbocycles. The van der Waals surface area contributed by atoms with Crippen molar-refractivity contribution in [3.63, 3.8) is 0 Å². The third-order valence-electron chi connectivity index (χ3n) is 3.42. The molecule has 0 heterocycles. The molecule has 0 aliphatic carbocycles. The van der Waals surface area contributed by atoms with E-state index in [9.17, 15) is 0 Å². The molecule has 0 saturated heterocycles. The monoisotopic (exact) mass is 241 g/mol. The fourth-order valence-electron chi connectivity index (χ4n) is 2.06. The molecule has 0 bridgehead atoms. The molecule has 3 heteroatoms. The summed E-state index contributed by atoms with van der Waals surface area (Å²) >= 11 is 0.